The highest BCUT2D eigenvalue weighted by molar-refractivity contribution is 9.10. The van der Waals surface area contributed by atoms with Crippen molar-refractivity contribution >= 4 is 33.0 Å². The first kappa shape index (κ1) is 23.3. The second-order valence-electron chi connectivity index (χ2n) is 7.61. The zero-order valence-corrected chi connectivity index (χ0v) is 20.4. The summed E-state index contributed by atoms with van der Waals surface area (Å²) in [6.45, 7) is 8.25. The summed E-state index contributed by atoms with van der Waals surface area (Å²) in [6.07, 6.45) is 6.51. The van der Waals surface area contributed by atoms with Gasteiger partial charge in [-0.15, -0.1) is 0 Å². The zero-order valence-electron chi connectivity index (χ0n) is 18.8. The molecule has 1 aliphatic heterocycles. The van der Waals surface area contributed by atoms with Gasteiger partial charge in [-0.05, 0) is 46.0 Å². The van der Waals surface area contributed by atoms with Crippen LogP contribution in [0, 0.1) is 5.92 Å². The van der Waals surface area contributed by atoms with Crippen molar-refractivity contribution in [2.24, 2.45) is 5.92 Å². The standard InChI is InChI=1S/C22H25BrN4O2.C2H6/c1-3-4-16-9-20(28)26(12-16)13-18-19(23)10-24-22-21(18)25-14-27(22)11-15-5-7-17(29-2)8-6-15;1-2/h5-8,10,14,16H,3-4,9,11-13H2,1-2H3;1-2H3. The fourth-order valence-corrected chi connectivity index (χ4v) is 4.44. The van der Waals surface area contributed by atoms with E-state index in [9.17, 15) is 4.79 Å². The molecule has 0 N–H and O–H groups in total. The SMILES string of the molecule is CC.CCCC1CC(=O)N(Cc2c(Br)cnc3c2ncn3Cc2ccc(OC)cc2)C1. The van der Waals surface area contributed by atoms with E-state index in [2.05, 4.69) is 32.8 Å². The fourth-order valence-electron chi connectivity index (χ4n) is 4.03. The second-order valence-corrected chi connectivity index (χ2v) is 8.46. The van der Waals surface area contributed by atoms with Crippen LogP contribution >= 0.6 is 15.9 Å². The Bertz CT molecular complexity index is 1020. The van der Waals surface area contributed by atoms with Gasteiger partial charge < -0.3 is 14.2 Å². The summed E-state index contributed by atoms with van der Waals surface area (Å²) in [5.74, 6) is 1.54. The number of nitrogens with zero attached hydrogens (tertiary/aromatic N) is 4. The van der Waals surface area contributed by atoms with Gasteiger partial charge in [-0.1, -0.05) is 39.3 Å². The minimum absolute atomic E-state index is 0.234. The van der Waals surface area contributed by atoms with E-state index in [-0.39, 0.29) is 5.91 Å². The van der Waals surface area contributed by atoms with E-state index in [1.807, 2.05) is 60.1 Å². The molecule has 4 rings (SSSR count). The van der Waals surface area contributed by atoms with Crippen LogP contribution in [0.1, 0.15) is 51.2 Å². The molecule has 1 fully saturated rings. The van der Waals surface area contributed by atoms with Gasteiger partial charge in [0.2, 0.25) is 5.91 Å². The molecule has 0 spiro atoms. The number of ether oxygens (including phenoxy) is 1. The van der Waals surface area contributed by atoms with Gasteiger partial charge >= 0.3 is 0 Å². The quantitative estimate of drug-likeness (QED) is 0.446. The minimum atomic E-state index is 0.234. The Morgan fingerprint density at radius 1 is 1.16 bits per heavy atom. The highest BCUT2D eigenvalue weighted by Gasteiger charge is 2.30. The predicted molar refractivity (Wildman–Crippen MR) is 127 cm³/mol. The number of amides is 1. The van der Waals surface area contributed by atoms with Crippen LogP contribution in [0.15, 0.2) is 41.3 Å². The highest BCUT2D eigenvalue weighted by Crippen LogP contribution is 2.29. The number of aromatic nitrogens is 3. The minimum Gasteiger partial charge on any atom is -0.497 e. The summed E-state index contributed by atoms with van der Waals surface area (Å²) in [5, 5.41) is 0. The molecule has 31 heavy (non-hydrogen) atoms. The summed E-state index contributed by atoms with van der Waals surface area (Å²) in [4.78, 5) is 23.7. The van der Waals surface area contributed by atoms with Gasteiger partial charge in [0.25, 0.3) is 0 Å². The van der Waals surface area contributed by atoms with Gasteiger partial charge in [-0.25, -0.2) is 9.97 Å². The Balaban J connectivity index is 0.00000132. The van der Waals surface area contributed by atoms with Crippen LogP contribution < -0.4 is 4.74 Å². The normalized spacial score (nSPS) is 15.8. The first-order valence-corrected chi connectivity index (χ1v) is 11.8. The molecule has 1 aliphatic rings. The van der Waals surface area contributed by atoms with E-state index in [1.54, 1.807) is 7.11 Å². The second kappa shape index (κ2) is 10.8. The molecule has 2 aromatic heterocycles. The molecule has 0 radical (unpaired) electrons. The Morgan fingerprint density at radius 3 is 2.58 bits per heavy atom. The molecular formula is C24H31BrN4O2. The topological polar surface area (TPSA) is 60.2 Å². The number of hydrogen-bond acceptors (Lipinski definition) is 4. The van der Waals surface area contributed by atoms with Crippen molar-refractivity contribution in [1.82, 2.24) is 19.4 Å². The van der Waals surface area contributed by atoms with Crippen LogP contribution in [-0.2, 0) is 17.9 Å². The molecule has 7 heteroatoms. The number of pyridine rings is 1. The first-order valence-electron chi connectivity index (χ1n) is 11.0. The lowest BCUT2D eigenvalue weighted by molar-refractivity contribution is -0.128. The molecule has 1 saturated heterocycles. The number of hydrogen-bond donors (Lipinski definition) is 0. The summed E-state index contributed by atoms with van der Waals surface area (Å²) in [7, 11) is 1.66. The smallest absolute Gasteiger partial charge is 0.223 e. The van der Waals surface area contributed by atoms with Gasteiger partial charge in [0.05, 0.1) is 20.0 Å². The van der Waals surface area contributed by atoms with Crippen molar-refractivity contribution in [3.8, 4) is 5.75 Å². The van der Waals surface area contributed by atoms with Crippen LogP contribution in [0.25, 0.3) is 11.2 Å². The van der Waals surface area contributed by atoms with Crippen molar-refractivity contribution in [2.45, 2.75) is 53.1 Å². The number of likely N-dealkylation sites (tertiary alicyclic amines) is 1. The van der Waals surface area contributed by atoms with Gasteiger partial charge in [-0.2, -0.15) is 0 Å². The van der Waals surface area contributed by atoms with E-state index in [4.69, 9.17) is 4.74 Å². The number of methoxy groups -OCH3 is 1. The van der Waals surface area contributed by atoms with E-state index >= 15 is 0 Å². The van der Waals surface area contributed by atoms with E-state index in [0.29, 0.717) is 25.4 Å². The molecule has 1 atom stereocenters. The summed E-state index contributed by atoms with van der Waals surface area (Å²) >= 11 is 3.62. The Morgan fingerprint density at radius 2 is 1.90 bits per heavy atom. The van der Waals surface area contributed by atoms with E-state index in [0.717, 1.165) is 51.9 Å². The van der Waals surface area contributed by atoms with Gasteiger partial charge in [-0.3, -0.25) is 4.79 Å². The number of carbonyl (C=O) groups excluding carboxylic acids is 1. The van der Waals surface area contributed by atoms with Crippen molar-refractivity contribution in [2.75, 3.05) is 13.7 Å². The lowest BCUT2D eigenvalue weighted by Gasteiger charge is -2.18. The average Bonchev–Trinajstić information content (AvgIpc) is 3.35. The third-order valence-corrected chi connectivity index (χ3v) is 6.22. The van der Waals surface area contributed by atoms with Crippen LogP contribution in [-0.4, -0.2) is 39.0 Å². The first-order chi connectivity index (χ1) is 15.1. The number of imidazole rings is 1. The lowest BCUT2D eigenvalue weighted by atomic mass is 10.0. The van der Waals surface area contributed by atoms with Crippen molar-refractivity contribution < 1.29 is 9.53 Å². The van der Waals surface area contributed by atoms with Gasteiger partial charge in [0.15, 0.2) is 5.65 Å². The Hall–Kier alpha value is -2.41. The van der Waals surface area contributed by atoms with Crippen molar-refractivity contribution in [3.63, 3.8) is 0 Å². The van der Waals surface area contributed by atoms with Crippen LogP contribution in [0.5, 0.6) is 5.75 Å². The molecule has 1 unspecified atom stereocenters. The van der Waals surface area contributed by atoms with Crippen molar-refractivity contribution in [1.29, 1.82) is 0 Å². The van der Waals surface area contributed by atoms with Gasteiger partial charge in [0.1, 0.15) is 11.3 Å². The summed E-state index contributed by atoms with van der Waals surface area (Å²) < 4.78 is 8.16. The molecule has 0 saturated carbocycles. The van der Waals surface area contributed by atoms with Crippen LogP contribution in [0.4, 0.5) is 0 Å². The van der Waals surface area contributed by atoms with Crippen LogP contribution in [0.2, 0.25) is 0 Å². The number of benzene rings is 1. The fraction of sp³-hybridized carbons (Fsp3) is 0.458. The number of rotatable bonds is 7. The average molecular weight is 487 g/mol. The van der Waals surface area contributed by atoms with Gasteiger partial charge in [0, 0.05) is 35.7 Å². The molecule has 0 bridgehead atoms. The van der Waals surface area contributed by atoms with Crippen LogP contribution in [0.3, 0.4) is 0 Å². The largest absolute Gasteiger partial charge is 0.497 e. The molecule has 6 nitrogen and oxygen atoms in total. The van der Waals surface area contributed by atoms with E-state index < -0.39 is 0 Å². The molecular weight excluding hydrogens is 456 g/mol. The molecule has 1 aromatic carbocycles. The number of carbonyl (C=O) groups is 1. The monoisotopic (exact) mass is 486 g/mol. The number of fused-ring (bicyclic) bond motifs is 1. The Labute approximate surface area is 192 Å². The molecule has 1 amide bonds. The van der Waals surface area contributed by atoms with Crippen molar-refractivity contribution in [3.05, 3.63) is 52.4 Å². The maximum absolute atomic E-state index is 12.5. The van der Waals surface area contributed by atoms with E-state index in [1.165, 1.54) is 0 Å². The zero-order chi connectivity index (χ0) is 22.4. The highest BCUT2D eigenvalue weighted by atomic mass is 79.9. The summed E-state index contributed by atoms with van der Waals surface area (Å²) in [6, 6.07) is 7.99. The molecule has 3 aromatic rings. The maximum Gasteiger partial charge on any atom is 0.223 e. The Kier molecular flexibility index (Phi) is 8.07. The summed E-state index contributed by atoms with van der Waals surface area (Å²) in [5.41, 5.74) is 3.85. The third kappa shape index (κ3) is 5.26. The maximum atomic E-state index is 12.5. The molecule has 0 aliphatic carbocycles. The molecule has 3 heterocycles. The lowest BCUT2D eigenvalue weighted by Crippen LogP contribution is -2.25. The predicted octanol–water partition coefficient (Wildman–Crippen LogP) is 5.43. The number of halogens is 1. The third-order valence-electron chi connectivity index (χ3n) is 5.54. The molecule has 166 valence electrons.